The molecule has 1 rings (SSSR count). The van der Waals surface area contributed by atoms with Crippen molar-refractivity contribution in [3.63, 3.8) is 0 Å². The second-order valence-corrected chi connectivity index (χ2v) is 7.23. The van der Waals surface area contributed by atoms with E-state index >= 15 is 0 Å². The van der Waals surface area contributed by atoms with Crippen molar-refractivity contribution in [2.45, 2.75) is 45.1 Å². The van der Waals surface area contributed by atoms with E-state index in [1.165, 1.54) is 0 Å². The van der Waals surface area contributed by atoms with Crippen LogP contribution in [-0.4, -0.2) is 38.4 Å². The van der Waals surface area contributed by atoms with Gasteiger partial charge in [-0.25, -0.2) is 8.42 Å². The molecule has 18 heavy (non-hydrogen) atoms. The number of amides is 1. The minimum Gasteiger partial charge on any atom is -0.351 e. The van der Waals surface area contributed by atoms with Crippen LogP contribution in [0.2, 0.25) is 0 Å². The number of nitrogens with one attached hydrogen (secondary N) is 1. The Labute approximate surface area is 109 Å². The lowest BCUT2D eigenvalue weighted by Gasteiger charge is -2.15. The largest absolute Gasteiger partial charge is 0.351 e. The topological polar surface area (TPSA) is 89.3 Å². The first kappa shape index (κ1) is 15.4. The molecular formula is C12H24N2O3S. The van der Waals surface area contributed by atoms with Crippen LogP contribution >= 0.6 is 0 Å². The Bertz CT molecular complexity index is 364. The van der Waals surface area contributed by atoms with Crippen molar-refractivity contribution in [1.29, 1.82) is 0 Å². The maximum atomic E-state index is 11.7. The van der Waals surface area contributed by atoms with Gasteiger partial charge in [0, 0.05) is 12.6 Å². The lowest BCUT2D eigenvalue weighted by molar-refractivity contribution is -0.119. The van der Waals surface area contributed by atoms with E-state index in [-0.39, 0.29) is 11.8 Å². The molecule has 0 radical (unpaired) electrons. The third-order valence-electron chi connectivity index (χ3n) is 3.20. The van der Waals surface area contributed by atoms with Crippen molar-refractivity contribution in [3.05, 3.63) is 0 Å². The molecule has 6 heteroatoms. The van der Waals surface area contributed by atoms with Gasteiger partial charge in [0.1, 0.15) is 5.75 Å². The molecule has 0 spiro atoms. The monoisotopic (exact) mass is 276 g/mol. The van der Waals surface area contributed by atoms with Crippen LogP contribution in [0.4, 0.5) is 0 Å². The third-order valence-corrected chi connectivity index (χ3v) is 4.81. The fourth-order valence-corrected chi connectivity index (χ4v) is 3.23. The van der Waals surface area contributed by atoms with Crippen molar-refractivity contribution in [3.8, 4) is 0 Å². The van der Waals surface area contributed by atoms with Crippen LogP contribution < -0.4 is 11.1 Å². The first-order valence-electron chi connectivity index (χ1n) is 6.68. The van der Waals surface area contributed by atoms with Crippen LogP contribution in [0.5, 0.6) is 0 Å². The maximum Gasteiger partial charge on any atom is 0.235 e. The number of hydrogen-bond acceptors (Lipinski definition) is 4. The first-order chi connectivity index (χ1) is 8.48. The van der Waals surface area contributed by atoms with Gasteiger partial charge in [0.25, 0.3) is 0 Å². The molecule has 1 fully saturated rings. The van der Waals surface area contributed by atoms with E-state index < -0.39 is 21.5 Å². The number of nitrogens with two attached hydrogens (primary N) is 1. The van der Waals surface area contributed by atoms with Gasteiger partial charge in [-0.15, -0.1) is 0 Å². The van der Waals surface area contributed by atoms with E-state index in [0.717, 1.165) is 25.7 Å². The Morgan fingerprint density at radius 2 is 2.06 bits per heavy atom. The fraction of sp³-hybridized carbons (Fsp3) is 0.917. The van der Waals surface area contributed by atoms with Gasteiger partial charge >= 0.3 is 0 Å². The fourth-order valence-electron chi connectivity index (χ4n) is 1.96. The summed E-state index contributed by atoms with van der Waals surface area (Å²) >= 11 is 0. The highest BCUT2D eigenvalue weighted by atomic mass is 32.2. The molecule has 0 aliphatic heterocycles. The molecule has 0 bridgehead atoms. The molecule has 1 aliphatic carbocycles. The average molecular weight is 276 g/mol. The molecule has 106 valence electrons. The molecule has 5 nitrogen and oxygen atoms in total. The van der Waals surface area contributed by atoms with Gasteiger partial charge in [-0.2, -0.15) is 0 Å². The standard InChI is InChI=1S/C12H24N2O3S/c1-2-3-4-7-18(16,17)9-12(15)14-11(8-13)10-5-6-10/h10-11H,2-9,13H2,1H3,(H,14,15). The lowest BCUT2D eigenvalue weighted by atomic mass is 10.2. The van der Waals surface area contributed by atoms with Crippen LogP contribution in [-0.2, 0) is 14.6 Å². The van der Waals surface area contributed by atoms with E-state index in [2.05, 4.69) is 5.32 Å². The molecule has 0 heterocycles. The molecule has 0 aromatic heterocycles. The second kappa shape index (κ2) is 7.09. The predicted molar refractivity (Wildman–Crippen MR) is 71.9 cm³/mol. The van der Waals surface area contributed by atoms with Gasteiger partial charge in [0.05, 0.1) is 5.75 Å². The highest BCUT2D eigenvalue weighted by molar-refractivity contribution is 7.92. The van der Waals surface area contributed by atoms with Crippen LogP contribution in [0.25, 0.3) is 0 Å². The Morgan fingerprint density at radius 1 is 1.39 bits per heavy atom. The van der Waals surface area contributed by atoms with E-state index in [9.17, 15) is 13.2 Å². The van der Waals surface area contributed by atoms with Crippen molar-refractivity contribution < 1.29 is 13.2 Å². The molecule has 1 saturated carbocycles. The molecular weight excluding hydrogens is 252 g/mol. The minimum absolute atomic E-state index is 0.0525. The molecule has 1 aliphatic rings. The average Bonchev–Trinajstić information content (AvgIpc) is 3.09. The van der Waals surface area contributed by atoms with Crippen molar-refractivity contribution >= 4 is 15.7 Å². The van der Waals surface area contributed by atoms with E-state index in [0.29, 0.717) is 18.9 Å². The zero-order chi connectivity index (χ0) is 13.6. The predicted octanol–water partition coefficient (Wildman–Crippen LogP) is 0.445. The first-order valence-corrected chi connectivity index (χ1v) is 8.50. The van der Waals surface area contributed by atoms with Crippen molar-refractivity contribution in [1.82, 2.24) is 5.32 Å². The number of unbranched alkanes of at least 4 members (excludes halogenated alkanes) is 2. The van der Waals surface area contributed by atoms with Crippen LogP contribution in [0.15, 0.2) is 0 Å². The van der Waals surface area contributed by atoms with Crippen LogP contribution in [0, 0.1) is 5.92 Å². The summed E-state index contributed by atoms with van der Waals surface area (Å²) < 4.78 is 23.4. The van der Waals surface area contributed by atoms with Crippen LogP contribution in [0.1, 0.15) is 39.0 Å². The summed E-state index contributed by atoms with van der Waals surface area (Å²) in [6.07, 6.45) is 4.64. The van der Waals surface area contributed by atoms with E-state index in [4.69, 9.17) is 5.73 Å². The normalized spacial score (nSPS) is 17.4. The summed E-state index contributed by atoms with van der Waals surface area (Å²) in [5.41, 5.74) is 5.56. The lowest BCUT2D eigenvalue weighted by Crippen LogP contribution is -2.44. The molecule has 1 amide bonds. The van der Waals surface area contributed by atoms with E-state index in [1.54, 1.807) is 0 Å². The van der Waals surface area contributed by atoms with Gasteiger partial charge in [-0.1, -0.05) is 19.8 Å². The molecule has 1 unspecified atom stereocenters. The van der Waals surface area contributed by atoms with Crippen LogP contribution in [0.3, 0.4) is 0 Å². The number of carbonyl (C=O) groups excluding carboxylic acids is 1. The smallest absolute Gasteiger partial charge is 0.235 e. The second-order valence-electron chi connectivity index (χ2n) is 5.05. The number of rotatable bonds is 9. The van der Waals surface area contributed by atoms with Gasteiger partial charge in [-0.05, 0) is 25.2 Å². The maximum absolute atomic E-state index is 11.7. The quantitative estimate of drug-likeness (QED) is 0.598. The SMILES string of the molecule is CCCCCS(=O)(=O)CC(=O)NC(CN)C1CC1. The highest BCUT2D eigenvalue weighted by Gasteiger charge is 2.31. The molecule has 0 aromatic rings. The summed E-state index contributed by atoms with van der Waals surface area (Å²) in [4.78, 5) is 11.6. The number of hydrogen-bond donors (Lipinski definition) is 2. The van der Waals surface area contributed by atoms with Gasteiger partial charge in [0.15, 0.2) is 9.84 Å². The Balaban J connectivity index is 2.33. The third kappa shape index (κ3) is 5.82. The van der Waals surface area contributed by atoms with Gasteiger partial charge in [0.2, 0.25) is 5.91 Å². The molecule has 1 atom stereocenters. The van der Waals surface area contributed by atoms with Gasteiger partial charge in [-0.3, -0.25) is 4.79 Å². The summed E-state index contributed by atoms with van der Waals surface area (Å²) in [5, 5.41) is 2.73. The Hall–Kier alpha value is -0.620. The minimum atomic E-state index is -3.27. The van der Waals surface area contributed by atoms with Crippen molar-refractivity contribution in [2.24, 2.45) is 11.7 Å². The molecule has 0 aromatic carbocycles. The summed E-state index contributed by atoms with van der Waals surface area (Å²) in [5.74, 6) is -0.263. The van der Waals surface area contributed by atoms with Gasteiger partial charge < -0.3 is 11.1 Å². The highest BCUT2D eigenvalue weighted by Crippen LogP contribution is 2.32. The zero-order valence-electron chi connectivity index (χ0n) is 11.0. The number of carbonyl (C=O) groups is 1. The number of sulfone groups is 1. The van der Waals surface area contributed by atoms with E-state index in [1.807, 2.05) is 6.92 Å². The summed E-state index contributed by atoms with van der Waals surface area (Å²) in [7, 11) is -3.27. The van der Waals surface area contributed by atoms with Crippen molar-refractivity contribution in [2.75, 3.05) is 18.1 Å². The Morgan fingerprint density at radius 3 is 2.56 bits per heavy atom. The zero-order valence-corrected chi connectivity index (χ0v) is 11.8. The molecule has 3 N–H and O–H groups in total. The molecule has 0 saturated heterocycles. The summed E-state index contributed by atoms with van der Waals surface area (Å²) in [6, 6.07) is -0.0525. The Kier molecular flexibility index (Phi) is 6.08. The summed E-state index contributed by atoms with van der Waals surface area (Å²) in [6.45, 7) is 2.40.